The molecule has 2 N–H and O–H groups in total. The minimum Gasteiger partial charge on any atom is -0.444 e. The lowest BCUT2D eigenvalue weighted by molar-refractivity contribution is 0.0528. The van der Waals surface area contributed by atoms with Gasteiger partial charge in [0.25, 0.3) is 0 Å². The second-order valence-electron chi connectivity index (χ2n) is 4.82. The van der Waals surface area contributed by atoms with Crippen LogP contribution in [0.4, 0.5) is 10.6 Å². The largest absolute Gasteiger partial charge is 0.444 e. The van der Waals surface area contributed by atoms with E-state index in [-0.39, 0.29) is 6.09 Å². The highest BCUT2D eigenvalue weighted by atomic mass is 16.6. The molecule has 0 fully saturated rings. The summed E-state index contributed by atoms with van der Waals surface area (Å²) in [5, 5.41) is 13.4. The highest BCUT2D eigenvalue weighted by Crippen LogP contribution is 2.06. The van der Waals surface area contributed by atoms with Gasteiger partial charge in [0.1, 0.15) is 11.4 Å². The highest BCUT2D eigenvalue weighted by Gasteiger charge is 2.15. The van der Waals surface area contributed by atoms with E-state index in [4.69, 9.17) is 4.74 Å². The molecule has 0 aliphatic heterocycles. The summed E-state index contributed by atoms with van der Waals surface area (Å²) in [7, 11) is 0. The SMILES string of the molecule is CC(C)(C)OC(=O)NCCCNc1cccnn1. The average molecular weight is 252 g/mol. The molecular formula is C12H20N4O2. The lowest BCUT2D eigenvalue weighted by atomic mass is 10.2. The van der Waals surface area contributed by atoms with Crippen LogP contribution in [-0.2, 0) is 4.74 Å². The topological polar surface area (TPSA) is 76.1 Å². The van der Waals surface area contributed by atoms with E-state index >= 15 is 0 Å². The van der Waals surface area contributed by atoms with E-state index in [1.807, 2.05) is 32.9 Å². The zero-order valence-electron chi connectivity index (χ0n) is 11.1. The number of aromatic nitrogens is 2. The average Bonchev–Trinajstić information content (AvgIpc) is 2.27. The number of alkyl carbamates (subject to hydrolysis) is 1. The maximum absolute atomic E-state index is 11.3. The molecule has 0 saturated carbocycles. The van der Waals surface area contributed by atoms with Crippen LogP contribution in [0.15, 0.2) is 18.3 Å². The third-order valence-electron chi connectivity index (χ3n) is 1.90. The lowest BCUT2D eigenvalue weighted by Crippen LogP contribution is -2.33. The zero-order chi connectivity index (χ0) is 13.4. The first-order chi connectivity index (χ1) is 8.47. The molecule has 0 aliphatic carbocycles. The van der Waals surface area contributed by atoms with Gasteiger partial charge in [0.2, 0.25) is 0 Å². The number of carbonyl (C=O) groups is 1. The van der Waals surface area contributed by atoms with Crippen molar-refractivity contribution in [3.8, 4) is 0 Å². The second kappa shape index (κ2) is 6.78. The van der Waals surface area contributed by atoms with Crippen molar-refractivity contribution in [2.24, 2.45) is 0 Å². The van der Waals surface area contributed by atoms with Gasteiger partial charge in [0, 0.05) is 19.3 Å². The van der Waals surface area contributed by atoms with E-state index in [0.29, 0.717) is 13.1 Å². The second-order valence-corrected chi connectivity index (χ2v) is 4.82. The number of nitrogens with one attached hydrogen (secondary N) is 2. The van der Waals surface area contributed by atoms with Crippen LogP contribution in [0.3, 0.4) is 0 Å². The standard InChI is InChI=1S/C12H20N4O2/c1-12(2,3)18-11(17)14-8-5-7-13-10-6-4-9-15-16-10/h4,6,9H,5,7-8H2,1-3H3,(H,13,16)(H,14,17). The molecule has 0 unspecified atom stereocenters. The Morgan fingerprint density at radius 1 is 1.39 bits per heavy atom. The Balaban J connectivity index is 2.07. The molecule has 1 amide bonds. The van der Waals surface area contributed by atoms with Gasteiger partial charge in [-0.05, 0) is 39.3 Å². The molecule has 6 heteroatoms. The van der Waals surface area contributed by atoms with Crippen molar-refractivity contribution in [1.82, 2.24) is 15.5 Å². The molecular weight excluding hydrogens is 232 g/mol. The highest BCUT2D eigenvalue weighted by molar-refractivity contribution is 5.67. The van der Waals surface area contributed by atoms with Crippen molar-refractivity contribution in [2.75, 3.05) is 18.4 Å². The summed E-state index contributed by atoms with van der Waals surface area (Å²) in [5.74, 6) is 0.731. The van der Waals surface area contributed by atoms with Crippen LogP contribution in [0.2, 0.25) is 0 Å². The summed E-state index contributed by atoms with van der Waals surface area (Å²) in [5.41, 5.74) is -0.456. The van der Waals surface area contributed by atoms with Crippen molar-refractivity contribution in [1.29, 1.82) is 0 Å². The fourth-order valence-corrected chi connectivity index (χ4v) is 1.21. The maximum Gasteiger partial charge on any atom is 0.407 e. The summed E-state index contributed by atoms with van der Waals surface area (Å²) in [6.45, 7) is 6.78. The van der Waals surface area contributed by atoms with Gasteiger partial charge >= 0.3 is 6.09 Å². The summed E-state index contributed by atoms with van der Waals surface area (Å²) < 4.78 is 5.11. The van der Waals surface area contributed by atoms with Crippen LogP contribution >= 0.6 is 0 Å². The fourth-order valence-electron chi connectivity index (χ4n) is 1.21. The van der Waals surface area contributed by atoms with Crippen LogP contribution in [0.5, 0.6) is 0 Å². The summed E-state index contributed by atoms with van der Waals surface area (Å²) in [6, 6.07) is 3.66. The van der Waals surface area contributed by atoms with Gasteiger partial charge in [-0.2, -0.15) is 5.10 Å². The molecule has 0 bridgehead atoms. The zero-order valence-corrected chi connectivity index (χ0v) is 11.1. The first-order valence-electron chi connectivity index (χ1n) is 5.96. The molecule has 100 valence electrons. The minimum absolute atomic E-state index is 0.387. The van der Waals surface area contributed by atoms with E-state index in [2.05, 4.69) is 20.8 Å². The van der Waals surface area contributed by atoms with Crippen molar-refractivity contribution >= 4 is 11.9 Å². The van der Waals surface area contributed by atoms with Gasteiger partial charge < -0.3 is 15.4 Å². The molecule has 0 radical (unpaired) electrons. The molecule has 6 nitrogen and oxygen atoms in total. The van der Waals surface area contributed by atoms with E-state index < -0.39 is 5.60 Å². The Morgan fingerprint density at radius 2 is 2.17 bits per heavy atom. The number of nitrogens with zero attached hydrogens (tertiary/aromatic N) is 2. The Kier molecular flexibility index (Phi) is 5.35. The molecule has 1 aromatic heterocycles. The molecule has 0 aromatic carbocycles. The van der Waals surface area contributed by atoms with Gasteiger partial charge in [-0.15, -0.1) is 5.10 Å². The summed E-state index contributed by atoms with van der Waals surface area (Å²) >= 11 is 0. The van der Waals surface area contributed by atoms with Gasteiger partial charge in [-0.1, -0.05) is 0 Å². The number of carbonyl (C=O) groups excluding carboxylic acids is 1. The van der Waals surface area contributed by atoms with Gasteiger partial charge in [0.05, 0.1) is 0 Å². The Bertz CT molecular complexity index is 362. The van der Waals surface area contributed by atoms with E-state index in [1.165, 1.54) is 0 Å². The predicted molar refractivity (Wildman–Crippen MR) is 69.4 cm³/mol. The molecule has 0 spiro atoms. The van der Waals surface area contributed by atoms with Crippen LogP contribution in [-0.4, -0.2) is 35.0 Å². The van der Waals surface area contributed by atoms with Crippen molar-refractivity contribution in [2.45, 2.75) is 32.8 Å². The first kappa shape index (κ1) is 14.2. The van der Waals surface area contributed by atoms with Gasteiger partial charge in [-0.3, -0.25) is 0 Å². The molecule has 0 aliphatic rings. The van der Waals surface area contributed by atoms with Crippen molar-refractivity contribution in [3.05, 3.63) is 18.3 Å². The quantitative estimate of drug-likeness (QED) is 0.781. The molecule has 0 atom stereocenters. The maximum atomic E-state index is 11.3. The molecule has 1 aromatic rings. The predicted octanol–water partition coefficient (Wildman–Crippen LogP) is 1.80. The normalized spacial score (nSPS) is 10.8. The van der Waals surface area contributed by atoms with E-state index in [0.717, 1.165) is 12.2 Å². The minimum atomic E-state index is -0.456. The Labute approximate surface area is 107 Å². The number of rotatable bonds is 5. The number of hydrogen-bond acceptors (Lipinski definition) is 5. The van der Waals surface area contributed by atoms with E-state index in [9.17, 15) is 4.79 Å². The summed E-state index contributed by atoms with van der Waals surface area (Å²) in [6.07, 6.45) is 2.02. The van der Waals surface area contributed by atoms with Crippen LogP contribution in [0.25, 0.3) is 0 Å². The molecule has 18 heavy (non-hydrogen) atoms. The number of hydrogen-bond donors (Lipinski definition) is 2. The molecule has 1 heterocycles. The number of ether oxygens (including phenoxy) is 1. The Hall–Kier alpha value is -1.85. The van der Waals surface area contributed by atoms with Gasteiger partial charge in [0.15, 0.2) is 0 Å². The lowest BCUT2D eigenvalue weighted by Gasteiger charge is -2.19. The fraction of sp³-hybridized carbons (Fsp3) is 0.583. The monoisotopic (exact) mass is 252 g/mol. The molecule has 0 saturated heterocycles. The van der Waals surface area contributed by atoms with Gasteiger partial charge in [-0.25, -0.2) is 4.79 Å². The van der Waals surface area contributed by atoms with E-state index in [1.54, 1.807) is 6.20 Å². The van der Waals surface area contributed by atoms with Crippen LogP contribution < -0.4 is 10.6 Å². The number of amides is 1. The number of anilines is 1. The van der Waals surface area contributed by atoms with Crippen molar-refractivity contribution < 1.29 is 9.53 Å². The van der Waals surface area contributed by atoms with Crippen molar-refractivity contribution in [3.63, 3.8) is 0 Å². The third-order valence-corrected chi connectivity index (χ3v) is 1.90. The molecule has 1 rings (SSSR count). The first-order valence-corrected chi connectivity index (χ1v) is 5.96. The smallest absolute Gasteiger partial charge is 0.407 e. The van der Waals surface area contributed by atoms with Crippen LogP contribution in [0, 0.1) is 0 Å². The summed E-state index contributed by atoms with van der Waals surface area (Å²) in [4.78, 5) is 11.3. The van der Waals surface area contributed by atoms with Crippen LogP contribution in [0.1, 0.15) is 27.2 Å². The third kappa shape index (κ3) is 6.67. The Morgan fingerprint density at radius 3 is 2.78 bits per heavy atom.